The van der Waals surface area contributed by atoms with Gasteiger partial charge in [-0.3, -0.25) is 15.0 Å². The van der Waals surface area contributed by atoms with Crippen LogP contribution in [0.2, 0.25) is 0 Å². The van der Waals surface area contributed by atoms with Crippen LogP contribution >= 0.6 is 0 Å². The normalized spacial score (nSPS) is 18.6. The summed E-state index contributed by atoms with van der Waals surface area (Å²) in [7, 11) is 2.08. The molecule has 2 aromatic rings. The zero-order valence-electron chi connectivity index (χ0n) is 16.7. The van der Waals surface area contributed by atoms with Crippen LogP contribution in [0.15, 0.2) is 65.8 Å². The Morgan fingerprint density at radius 2 is 1.55 bits per heavy atom. The number of amides is 1. The molecule has 1 amide bonds. The largest absolute Gasteiger partial charge is 0.306 e. The number of Topliss-reactive ketones (excluding diaryl/α,β-unsaturated/α-hetero) is 1. The third-order valence-corrected chi connectivity index (χ3v) is 5.57. The molecular weight excluding hydrogens is 366 g/mol. The Hall–Kier alpha value is -3.19. The number of amidine groups is 1. The summed E-state index contributed by atoms with van der Waals surface area (Å²) in [4.78, 5) is 27.7. The van der Waals surface area contributed by atoms with E-state index in [1.807, 2.05) is 53.5 Å². The van der Waals surface area contributed by atoms with Gasteiger partial charge in [0.1, 0.15) is 0 Å². The van der Waals surface area contributed by atoms with Crippen molar-refractivity contribution in [1.29, 1.82) is 0 Å². The smallest absolute Gasteiger partial charge is 0.269 e. The highest BCUT2D eigenvalue weighted by molar-refractivity contribution is 6.38. The molecule has 1 fully saturated rings. The van der Waals surface area contributed by atoms with Crippen molar-refractivity contribution in [3.8, 4) is 0 Å². The zero-order chi connectivity index (χ0) is 20.4. The lowest BCUT2D eigenvalue weighted by Gasteiger charge is -2.48. The second-order valence-corrected chi connectivity index (χ2v) is 7.56. The molecule has 2 aliphatic rings. The van der Waals surface area contributed by atoms with Crippen molar-refractivity contribution < 1.29 is 9.59 Å². The van der Waals surface area contributed by atoms with Crippen molar-refractivity contribution in [3.63, 3.8) is 0 Å². The molecule has 7 heteroatoms. The van der Waals surface area contributed by atoms with Gasteiger partial charge in [-0.25, -0.2) is 10.0 Å². The first-order valence-electron chi connectivity index (χ1n) is 9.81. The number of para-hydroxylation sites is 1. The Labute approximate surface area is 170 Å². The first-order chi connectivity index (χ1) is 14.0. The predicted octanol–water partition coefficient (Wildman–Crippen LogP) is 2.48. The molecule has 2 aromatic carbocycles. The highest BCUT2D eigenvalue weighted by Crippen LogP contribution is 2.39. The molecule has 0 unspecified atom stereocenters. The summed E-state index contributed by atoms with van der Waals surface area (Å²) >= 11 is 0. The van der Waals surface area contributed by atoms with Gasteiger partial charge in [-0.2, -0.15) is 0 Å². The minimum absolute atomic E-state index is 0.185. The van der Waals surface area contributed by atoms with Gasteiger partial charge in [-0.1, -0.05) is 36.4 Å². The third-order valence-electron chi connectivity index (χ3n) is 5.57. The number of piperidine rings is 1. The van der Waals surface area contributed by atoms with Gasteiger partial charge in [0, 0.05) is 38.4 Å². The van der Waals surface area contributed by atoms with Crippen molar-refractivity contribution >= 4 is 23.2 Å². The average Bonchev–Trinajstić information content (AvgIpc) is 3.05. The predicted molar refractivity (Wildman–Crippen MR) is 112 cm³/mol. The van der Waals surface area contributed by atoms with E-state index in [2.05, 4.69) is 22.5 Å². The molecule has 0 bridgehead atoms. The first kappa shape index (κ1) is 19.1. The summed E-state index contributed by atoms with van der Waals surface area (Å²) in [5.74, 6) is -0.189. The van der Waals surface area contributed by atoms with Crippen molar-refractivity contribution in [2.24, 2.45) is 5.10 Å². The number of hydrazone groups is 1. The molecule has 29 heavy (non-hydrogen) atoms. The number of carbonyl (C=O) groups excluding carboxylic acids is 2. The SMILES string of the molecule is CC(=O)C1=NN(c2ccccc2)C2(CCN(C)CC2)N1NC(=O)c1ccccc1. The van der Waals surface area contributed by atoms with Crippen molar-refractivity contribution in [2.75, 3.05) is 25.1 Å². The Balaban J connectivity index is 1.75. The maximum Gasteiger partial charge on any atom is 0.269 e. The van der Waals surface area contributed by atoms with Crippen molar-refractivity contribution in [2.45, 2.75) is 25.4 Å². The number of nitrogens with one attached hydrogen (secondary N) is 1. The van der Waals surface area contributed by atoms with E-state index in [1.54, 1.807) is 17.1 Å². The van der Waals surface area contributed by atoms with Gasteiger partial charge in [0.2, 0.25) is 5.84 Å². The maximum atomic E-state index is 13.0. The minimum atomic E-state index is -0.626. The minimum Gasteiger partial charge on any atom is -0.306 e. The van der Waals surface area contributed by atoms with Crippen LogP contribution in [0.1, 0.15) is 30.1 Å². The van der Waals surface area contributed by atoms with Gasteiger partial charge in [-0.05, 0) is 31.3 Å². The van der Waals surface area contributed by atoms with Crippen LogP contribution in [0, 0.1) is 0 Å². The molecule has 0 saturated carbocycles. The fourth-order valence-corrected chi connectivity index (χ4v) is 3.94. The summed E-state index contributed by atoms with van der Waals surface area (Å²) in [6.07, 6.45) is 1.46. The maximum absolute atomic E-state index is 13.0. The molecule has 0 radical (unpaired) electrons. The van der Waals surface area contributed by atoms with Crippen LogP contribution < -0.4 is 10.4 Å². The topological polar surface area (TPSA) is 68.2 Å². The van der Waals surface area contributed by atoms with Gasteiger partial charge < -0.3 is 4.90 Å². The van der Waals surface area contributed by atoms with Crippen LogP contribution in [-0.4, -0.2) is 53.2 Å². The fraction of sp³-hybridized carbons (Fsp3) is 0.318. The standard InChI is InChI=1S/C22H25N5O2/c1-17(28)20-23-26(19-11-7-4-8-12-19)22(13-15-25(2)16-14-22)27(20)24-21(29)18-9-5-3-6-10-18/h3-12H,13-16H2,1-2H3,(H,24,29). The lowest BCUT2D eigenvalue weighted by atomic mass is 9.95. The quantitative estimate of drug-likeness (QED) is 0.867. The Morgan fingerprint density at radius 3 is 2.14 bits per heavy atom. The number of rotatable bonds is 4. The fourth-order valence-electron chi connectivity index (χ4n) is 3.94. The van der Waals surface area contributed by atoms with Gasteiger partial charge in [0.05, 0.1) is 5.69 Å². The van der Waals surface area contributed by atoms with Crippen molar-refractivity contribution in [1.82, 2.24) is 15.3 Å². The number of nitrogens with zero attached hydrogens (tertiary/aromatic N) is 4. The number of hydrazine groups is 1. The van der Waals surface area contributed by atoms with E-state index < -0.39 is 5.66 Å². The van der Waals surface area contributed by atoms with Gasteiger partial charge >= 0.3 is 0 Å². The van der Waals surface area contributed by atoms with Gasteiger partial charge in [0.15, 0.2) is 11.4 Å². The molecule has 1 spiro atoms. The number of likely N-dealkylation sites (tertiary alicyclic amines) is 1. The van der Waals surface area contributed by atoms with E-state index >= 15 is 0 Å². The van der Waals surface area contributed by atoms with Crippen LogP contribution in [0.5, 0.6) is 0 Å². The average molecular weight is 391 g/mol. The van der Waals surface area contributed by atoms with E-state index in [9.17, 15) is 9.59 Å². The Kier molecular flexibility index (Phi) is 5.07. The summed E-state index contributed by atoms with van der Waals surface area (Å²) in [6, 6.07) is 18.8. The molecule has 1 N–H and O–H groups in total. The van der Waals surface area contributed by atoms with Crippen LogP contribution in [-0.2, 0) is 4.79 Å². The second-order valence-electron chi connectivity index (χ2n) is 7.56. The number of ketones is 1. The van der Waals surface area contributed by atoms with Crippen molar-refractivity contribution in [3.05, 3.63) is 66.2 Å². The van der Waals surface area contributed by atoms with E-state index in [-0.39, 0.29) is 17.5 Å². The second kappa shape index (κ2) is 7.67. The Morgan fingerprint density at radius 1 is 0.966 bits per heavy atom. The number of benzene rings is 2. The molecule has 150 valence electrons. The van der Waals surface area contributed by atoms with E-state index in [0.29, 0.717) is 5.56 Å². The molecule has 0 aromatic heterocycles. The monoisotopic (exact) mass is 391 g/mol. The van der Waals surface area contributed by atoms with E-state index in [4.69, 9.17) is 0 Å². The van der Waals surface area contributed by atoms with E-state index in [1.165, 1.54) is 6.92 Å². The van der Waals surface area contributed by atoms with Gasteiger partial charge in [0.25, 0.3) is 5.91 Å². The summed E-state index contributed by atoms with van der Waals surface area (Å²) < 4.78 is 0. The molecular formula is C22H25N5O2. The third kappa shape index (κ3) is 3.49. The van der Waals surface area contributed by atoms with Crippen LogP contribution in [0.3, 0.4) is 0 Å². The van der Waals surface area contributed by atoms with Crippen LogP contribution in [0.25, 0.3) is 0 Å². The molecule has 7 nitrogen and oxygen atoms in total. The Bertz CT molecular complexity index is 921. The van der Waals surface area contributed by atoms with E-state index in [0.717, 1.165) is 31.6 Å². The first-order valence-corrected chi connectivity index (χ1v) is 9.81. The summed E-state index contributed by atoms with van der Waals surface area (Å²) in [6.45, 7) is 3.15. The number of hydrogen-bond donors (Lipinski definition) is 1. The molecule has 1 saturated heterocycles. The molecule has 0 atom stereocenters. The molecule has 2 aliphatic heterocycles. The zero-order valence-corrected chi connectivity index (χ0v) is 16.7. The molecule has 0 aliphatic carbocycles. The number of anilines is 1. The number of carbonyl (C=O) groups is 2. The highest BCUT2D eigenvalue weighted by atomic mass is 16.2. The highest BCUT2D eigenvalue weighted by Gasteiger charge is 2.52. The summed E-state index contributed by atoms with van der Waals surface area (Å²) in [5.41, 5.74) is 3.79. The lowest BCUT2D eigenvalue weighted by Crippen LogP contribution is -2.66. The number of hydrogen-bond acceptors (Lipinski definition) is 6. The lowest BCUT2D eigenvalue weighted by molar-refractivity contribution is -0.112. The molecule has 2 heterocycles. The van der Waals surface area contributed by atoms with Gasteiger partial charge in [-0.15, -0.1) is 5.10 Å². The molecule has 4 rings (SSSR count). The summed E-state index contributed by atoms with van der Waals surface area (Å²) in [5, 5.41) is 8.28. The van der Waals surface area contributed by atoms with Crippen LogP contribution in [0.4, 0.5) is 5.69 Å².